The minimum atomic E-state index is -0.755. The SMILES string of the molecule is N#Cc1cccc(CC(=O)ON2C(=O)c3ccccc3C2=O)c1. The van der Waals surface area contributed by atoms with E-state index in [0.717, 1.165) is 0 Å². The summed E-state index contributed by atoms with van der Waals surface area (Å²) in [5.41, 5.74) is 1.38. The molecule has 23 heavy (non-hydrogen) atoms. The molecule has 0 radical (unpaired) electrons. The zero-order valence-electron chi connectivity index (χ0n) is 11.9. The Labute approximate surface area is 131 Å². The first-order valence-electron chi connectivity index (χ1n) is 6.78. The van der Waals surface area contributed by atoms with Crippen molar-refractivity contribution in [1.29, 1.82) is 5.26 Å². The fourth-order valence-electron chi connectivity index (χ4n) is 2.30. The highest BCUT2D eigenvalue weighted by atomic mass is 16.7. The number of benzene rings is 2. The molecule has 0 aliphatic carbocycles. The molecule has 0 unspecified atom stereocenters. The number of hydrogen-bond acceptors (Lipinski definition) is 5. The Balaban J connectivity index is 1.73. The lowest BCUT2D eigenvalue weighted by atomic mass is 10.1. The number of nitrogens with zero attached hydrogens (tertiary/aromatic N) is 2. The summed E-state index contributed by atoms with van der Waals surface area (Å²) < 4.78 is 0. The Morgan fingerprint density at radius 3 is 2.30 bits per heavy atom. The second-order valence-electron chi connectivity index (χ2n) is 4.90. The molecular weight excluding hydrogens is 296 g/mol. The summed E-state index contributed by atoms with van der Waals surface area (Å²) in [6.07, 6.45) is -0.150. The van der Waals surface area contributed by atoms with Crippen molar-refractivity contribution < 1.29 is 19.2 Å². The molecule has 0 atom stereocenters. The number of rotatable bonds is 3. The van der Waals surface area contributed by atoms with Gasteiger partial charge in [-0.15, -0.1) is 0 Å². The van der Waals surface area contributed by atoms with Crippen molar-refractivity contribution >= 4 is 17.8 Å². The first kappa shape index (κ1) is 14.5. The minimum Gasteiger partial charge on any atom is -0.329 e. The van der Waals surface area contributed by atoms with Crippen molar-refractivity contribution in [1.82, 2.24) is 5.06 Å². The van der Waals surface area contributed by atoms with Gasteiger partial charge in [0.25, 0.3) is 11.8 Å². The average Bonchev–Trinajstić information content (AvgIpc) is 2.80. The number of fused-ring (bicyclic) bond motifs is 1. The van der Waals surface area contributed by atoms with Crippen LogP contribution in [0.4, 0.5) is 0 Å². The van der Waals surface area contributed by atoms with Crippen LogP contribution < -0.4 is 0 Å². The molecule has 3 rings (SSSR count). The molecule has 6 nitrogen and oxygen atoms in total. The zero-order valence-corrected chi connectivity index (χ0v) is 11.9. The average molecular weight is 306 g/mol. The van der Waals surface area contributed by atoms with Crippen molar-refractivity contribution in [2.24, 2.45) is 0 Å². The standard InChI is InChI=1S/C17H10N2O4/c18-10-12-5-3-4-11(8-12)9-15(20)23-19-16(21)13-6-1-2-7-14(13)17(19)22/h1-8H,9H2. The quantitative estimate of drug-likeness (QED) is 0.808. The topological polar surface area (TPSA) is 87.5 Å². The molecule has 0 fully saturated rings. The highest BCUT2D eigenvalue weighted by Crippen LogP contribution is 2.22. The summed E-state index contributed by atoms with van der Waals surface area (Å²) in [6.45, 7) is 0. The van der Waals surface area contributed by atoms with Gasteiger partial charge in [0.2, 0.25) is 0 Å². The van der Waals surface area contributed by atoms with Gasteiger partial charge < -0.3 is 4.84 Å². The Morgan fingerprint density at radius 2 is 1.70 bits per heavy atom. The second kappa shape index (κ2) is 5.73. The largest absolute Gasteiger partial charge is 0.337 e. The van der Waals surface area contributed by atoms with Gasteiger partial charge in [0.15, 0.2) is 0 Å². The highest BCUT2D eigenvalue weighted by molar-refractivity contribution is 6.20. The van der Waals surface area contributed by atoms with Gasteiger partial charge in [-0.3, -0.25) is 9.59 Å². The van der Waals surface area contributed by atoms with Crippen LogP contribution in [0.25, 0.3) is 0 Å². The fourth-order valence-corrected chi connectivity index (χ4v) is 2.30. The predicted octanol–water partition coefficient (Wildman–Crippen LogP) is 1.86. The summed E-state index contributed by atoms with van der Waals surface area (Å²) >= 11 is 0. The molecule has 2 aromatic carbocycles. The van der Waals surface area contributed by atoms with E-state index in [0.29, 0.717) is 16.2 Å². The van der Waals surface area contributed by atoms with Crippen molar-refractivity contribution in [3.8, 4) is 6.07 Å². The maximum atomic E-state index is 12.1. The van der Waals surface area contributed by atoms with Crippen LogP contribution in [0.1, 0.15) is 31.8 Å². The molecule has 0 spiro atoms. The van der Waals surface area contributed by atoms with Crippen LogP contribution >= 0.6 is 0 Å². The van der Waals surface area contributed by atoms with Crippen LogP contribution in [0.5, 0.6) is 0 Å². The lowest BCUT2D eigenvalue weighted by molar-refractivity contribution is -0.167. The van der Waals surface area contributed by atoms with Crippen molar-refractivity contribution in [3.05, 3.63) is 70.8 Å². The van der Waals surface area contributed by atoms with Crippen molar-refractivity contribution in [2.45, 2.75) is 6.42 Å². The fraction of sp³-hybridized carbons (Fsp3) is 0.0588. The third-order valence-corrected chi connectivity index (χ3v) is 3.35. The maximum Gasteiger partial charge on any atom is 0.337 e. The Kier molecular flexibility index (Phi) is 3.61. The van der Waals surface area contributed by atoms with E-state index in [1.165, 1.54) is 12.1 Å². The van der Waals surface area contributed by atoms with Gasteiger partial charge in [0.05, 0.1) is 29.2 Å². The number of imide groups is 1. The van der Waals surface area contributed by atoms with E-state index < -0.39 is 17.8 Å². The molecular formula is C17H10N2O4. The Hall–Kier alpha value is -3.46. The summed E-state index contributed by atoms with van der Waals surface area (Å²) in [5, 5.41) is 9.31. The molecule has 0 N–H and O–H groups in total. The maximum absolute atomic E-state index is 12.1. The third-order valence-electron chi connectivity index (χ3n) is 3.35. The number of hydrogen-bond donors (Lipinski definition) is 0. The third kappa shape index (κ3) is 2.68. The lowest BCUT2D eigenvalue weighted by Gasteiger charge is -2.12. The van der Waals surface area contributed by atoms with Gasteiger partial charge in [-0.05, 0) is 29.8 Å². The smallest absolute Gasteiger partial charge is 0.329 e. The lowest BCUT2D eigenvalue weighted by Crippen LogP contribution is -2.33. The summed E-state index contributed by atoms with van der Waals surface area (Å²) in [5.74, 6) is -2.08. The minimum absolute atomic E-state index is 0.150. The predicted molar refractivity (Wildman–Crippen MR) is 77.9 cm³/mol. The molecule has 1 aliphatic heterocycles. The number of nitriles is 1. The van der Waals surface area contributed by atoms with Gasteiger partial charge in [-0.2, -0.15) is 5.26 Å². The van der Waals surface area contributed by atoms with Crippen LogP contribution in [-0.2, 0) is 16.1 Å². The highest BCUT2D eigenvalue weighted by Gasteiger charge is 2.38. The first-order valence-corrected chi connectivity index (χ1v) is 6.78. The van der Waals surface area contributed by atoms with E-state index in [1.54, 1.807) is 36.4 Å². The molecule has 1 aliphatic rings. The number of carbonyl (C=O) groups excluding carboxylic acids is 3. The normalized spacial score (nSPS) is 12.7. The summed E-state index contributed by atoms with van der Waals surface area (Å²) in [7, 11) is 0. The number of amides is 2. The molecule has 2 aromatic rings. The van der Waals surface area contributed by atoms with Gasteiger partial charge in [-0.1, -0.05) is 29.3 Å². The molecule has 1 heterocycles. The summed E-state index contributed by atoms with van der Waals surface area (Å²) in [6, 6.07) is 14.7. The Morgan fingerprint density at radius 1 is 1.04 bits per heavy atom. The van der Waals surface area contributed by atoms with Gasteiger partial charge in [0.1, 0.15) is 0 Å². The number of carbonyl (C=O) groups is 3. The molecule has 112 valence electrons. The van der Waals surface area contributed by atoms with Gasteiger partial charge >= 0.3 is 5.97 Å². The van der Waals surface area contributed by atoms with Crippen LogP contribution in [-0.4, -0.2) is 22.8 Å². The monoisotopic (exact) mass is 306 g/mol. The van der Waals surface area contributed by atoms with Crippen molar-refractivity contribution in [2.75, 3.05) is 0 Å². The van der Waals surface area contributed by atoms with E-state index in [-0.39, 0.29) is 17.5 Å². The number of hydroxylamine groups is 2. The van der Waals surface area contributed by atoms with Crippen LogP contribution in [0.15, 0.2) is 48.5 Å². The first-order chi connectivity index (χ1) is 11.1. The van der Waals surface area contributed by atoms with Gasteiger partial charge in [0, 0.05) is 0 Å². The molecule has 0 bridgehead atoms. The second-order valence-corrected chi connectivity index (χ2v) is 4.90. The molecule has 0 saturated heterocycles. The van der Waals surface area contributed by atoms with Crippen molar-refractivity contribution in [3.63, 3.8) is 0 Å². The van der Waals surface area contributed by atoms with Crippen LogP contribution in [0, 0.1) is 11.3 Å². The zero-order chi connectivity index (χ0) is 16.4. The van der Waals surface area contributed by atoms with Crippen LogP contribution in [0.2, 0.25) is 0 Å². The van der Waals surface area contributed by atoms with E-state index in [4.69, 9.17) is 10.1 Å². The van der Waals surface area contributed by atoms with E-state index >= 15 is 0 Å². The van der Waals surface area contributed by atoms with Crippen LogP contribution in [0.3, 0.4) is 0 Å². The molecule has 6 heteroatoms. The van der Waals surface area contributed by atoms with E-state index in [1.807, 2.05) is 6.07 Å². The van der Waals surface area contributed by atoms with E-state index in [9.17, 15) is 14.4 Å². The van der Waals surface area contributed by atoms with Gasteiger partial charge in [-0.25, -0.2) is 4.79 Å². The molecule has 2 amide bonds. The molecule has 0 saturated carbocycles. The molecule has 0 aromatic heterocycles. The van der Waals surface area contributed by atoms with E-state index in [2.05, 4.69) is 0 Å². The summed E-state index contributed by atoms with van der Waals surface area (Å²) in [4.78, 5) is 41.0. The Bertz CT molecular complexity index is 832.